The van der Waals surface area contributed by atoms with E-state index >= 15 is 0 Å². The Morgan fingerprint density at radius 1 is 1.13 bits per heavy atom. The number of benzene rings is 2. The van der Waals surface area contributed by atoms with Crippen LogP contribution in [-0.2, 0) is 21.2 Å². The summed E-state index contributed by atoms with van der Waals surface area (Å²) < 4.78 is 32.8. The summed E-state index contributed by atoms with van der Waals surface area (Å²) in [6, 6.07) is 12.2. The van der Waals surface area contributed by atoms with Crippen molar-refractivity contribution in [3.8, 4) is 0 Å². The molecule has 0 radical (unpaired) electrons. The second kappa shape index (κ2) is 10.1. The van der Waals surface area contributed by atoms with E-state index in [0.29, 0.717) is 25.4 Å². The van der Waals surface area contributed by atoms with E-state index < -0.39 is 14.9 Å². The highest BCUT2D eigenvalue weighted by atomic mass is 32.2. The van der Waals surface area contributed by atoms with Gasteiger partial charge in [0, 0.05) is 51.5 Å². The Hall–Kier alpha value is -2.69. The summed E-state index contributed by atoms with van der Waals surface area (Å²) in [4.78, 5) is 12.6. The van der Waals surface area contributed by atoms with Crippen molar-refractivity contribution in [2.75, 3.05) is 57.2 Å². The normalized spacial score (nSPS) is 14.9. The number of morpholine rings is 1. The van der Waals surface area contributed by atoms with Gasteiger partial charge in [-0.2, -0.15) is 4.31 Å². The van der Waals surface area contributed by atoms with Gasteiger partial charge in [0.25, 0.3) is 5.69 Å². The molecule has 1 aliphatic rings. The molecule has 0 unspecified atom stereocenters. The summed E-state index contributed by atoms with van der Waals surface area (Å²) >= 11 is 0. The van der Waals surface area contributed by atoms with Gasteiger partial charge in [-0.3, -0.25) is 10.1 Å². The van der Waals surface area contributed by atoms with Gasteiger partial charge in [0.2, 0.25) is 10.0 Å². The number of non-ortho nitro benzene ring substituents is 1. The summed E-state index contributed by atoms with van der Waals surface area (Å²) in [6.07, 6.45) is 1.62. The van der Waals surface area contributed by atoms with E-state index in [0.717, 1.165) is 24.6 Å². The van der Waals surface area contributed by atoms with E-state index in [-0.39, 0.29) is 23.7 Å². The molecule has 1 heterocycles. The molecule has 31 heavy (non-hydrogen) atoms. The Bertz CT molecular complexity index is 1000. The maximum Gasteiger partial charge on any atom is 0.270 e. The highest BCUT2D eigenvalue weighted by Crippen LogP contribution is 2.29. The number of nitrogens with one attached hydrogen (secondary N) is 1. The zero-order valence-corrected chi connectivity index (χ0v) is 18.6. The first-order valence-corrected chi connectivity index (χ1v) is 11.6. The minimum Gasteiger partial charge on any atom is -0.384 e. The van der Waals surface area contributed by atoms with Crippen molar-refractivity contribution in [3.05, 3.63) is 58.1 Å². The first kappa shape index (κ1) is 23.0. The van der Waals surface area contributed by atoms with Crippen LogP contribution in [0.25, 0.3) is 0 Å². The highest BCUT2D eigenvalue weighted by molar-refractivity contribution is 7.89. The molecule has 1 fully saturated rings. The molecular weight excluding hydrogens is 420 g/mol. The molecule has 9 nitrogen and oxygen atoms in total. The van der Waals surface area contributed by atoms with E-state index in [9.17, 15) is 18.5 Å². The smallest absolute Gasteiger partial charge is 0.270 e. The first-order chi connectivity index (χ1) is 14.8. The molecule has 0 aromatic heterocycles. The van der Waals surface area contributed by atoms with Gasteiger partial charge in [0.1, 0.15) is 4.90 Å². The van der Waals surface area contributed by atoms with Crippen LogP contribution in [0, 0.1) is 10.1 Å². The Kier molecular flexibility index (Phi) is 7.47. The lowest BCUT2D eigenvalue weighted by molar-refractivity contribution is -0.385. The molecule has 0 amide bonds. The van der Waals surface area contributed by atoms with Gasteiger partial charge in [0.05, 0.1) is 23.8 Å². The predicted molar refractivity (Wildman–Crippen MR) is 120 cm³/mol. The molecule has 0 atom stereocenters. The average molecular weight is 449 g/mol. The summed E-state index contributed by atoms with van der Waals surface area (Å²) in [5.74, 6) is 0. The summed E-state index contributed by atoms with van der Waals surface area (Å²) in [5, 5.41) is 14.4. The van der Waals surface area contributed by atoms with Crippen LogP contribution in [0.15, 0.2) is 47.4 Å². The molecule has 1 N–H and O–H groups in total. The molecule has 2 aromatic carbocycles. The third-order valence-electron chi connectivity index (χ3n) is 5.17. The van der Waals surface area contributed by atoms with Crippen LogP contribution in [0.3, 0.4) is 0 Å². The molecule has 10 heteroatoms. The molecule has 1 aliphatic heterocycles. The highest BCUT2D eigenvalue weighted by Gasteiger charge is 2.30. The number of rotatable bonds is 9. The van der Waals surface area contributed by atoms with Crippen molar-refractivity contribution in [2.45, 2.75) is 17.7 Å². The van der Waals surface area contributed by atoms with Crippen LogP contribution >= 0.6 is 0 Å². The van der Waals surface area contributed by atoms with E-state index in [1.807, 2.05) is 19.0 Å². The number of hydrogen-bond acceptors (Lipinski definition) is 7. The van der Waals surface area contributed by atoms with E-state index in [4.69, 9.17) is 4.74 Å². The molecule has 0 spiro atoms. The van der Waals surface area contributed by atoms with E-state index in [1.54, 1.807) is 0 Å². The molecule has 168 valence electrons. The fraction of sp³-hybridized carbons (Fsp3) is 0.429. The minimum atomic E-state index is -3.87. The van der Waals surface area contributed by atoms with Crippen molar-refractivity contribution >= 4 is 27.1 Å². The van der Waals surface area contributed by atoms with Crippen LogP contribution in [0.4, 0.5) is 17.1 Å². The van der Waals surface area contributed by atoms with Crippen LogP contribution in [0.1, 0.15) is 12.0 Å². The van der Waals surface area contributed by atoms with Crippen molar-refractivity contribution < 1.29 is 18.1 Å². The Morgan fingerprint density at radius 2 is 1.81 bits per heavy atom. The quantitative estimate of drug-likeness (QED) is 0.357. The van der Waals surface area contributed by atoms with E-state index in [1.165, 1.54) is 22.0 Å². The summed E-state index contributed by atoms with van der Waals surface area (Å²) in [7, 11) is 0.114. The van der Waals surface area contributed by atoms with Crippen molar-refractivity contribution in [1.29, 1.82) is 0 Å². The van der Waals surface area contributed by atoms with Gasteiger partial charge in [-0.15, -0.1) is 0 Å². The Morgan fingerprint density at radius 3 is 2.42 bits per heavy atom. The molecule has 0 saturated carbocycles. The van der Waals surface area contributed by atoms with Crippen LogP contribution < -0.4 is 10.2 Å². The molecule has 2 aromatic rings. The third-order valence-corrected chi connectivity index (χ3v) is 7.11. The van der Waals surface area contributed by atoms with Crippen molar-refractivity contribution in [1.82, 2.24) is 4.31 Å². The number of aryl methyl sites for hydroxylation is 1. The molecule has 3 rings (SSSR count). The van der Waals surface area contributed by atoms with Gasteiger partial charge in [-0.1, -0.05) is 12.1 Å². The molecule has 1 saturated heterocycles. The van der Waals surface area contributed by atoms with Gasteiger partial charge in [-0.05, 0) is 36.6 Å². The summed E-state index contributed by atoms with van der Waals surface area (Å²) in [5.41, 5.74) is 2.45. The second-order valence-electron chi connectivity index (χ2n) is 7.55. The van der Waals surface area contributed by atoms with Crippen molar-refractivity contribution in [3.63, 3.8) is 0 Å². The van der Waals surface area contributed by atoms with Gasteiger partial charge in [-0.25, -0.2) is 8.42 Å². The zero-order chi connectivity index (χ0) is 22.4. The molecular formula is C21H28N4O5S. The minimum absolute atomic E-state index is 0.0704. The number of sulfonamides is 1. The van der Waals surface area contributed by atoms with Gasteiger partial charge < -0.3 is 15.0 Å². The topological polar surface area (TPSA) is 105 Å². The van der Waals surface area contributed by atoms with Crippen LogP contribution in [0.2, 0.25) is 0 Å². The number of nitro benzene ring substituents is 1. The first-order valence-electron chi connectivity index (χ1n) is 10.2. The van der Waals surface area contributed by atoms with Crippen LogP contribution in [-0.4, -0.2) is 64.6 Å². The van der Waals surface area contributed by atoms with Crippen molar-refractivity contribution in [2.24, 2.45) is 0 Å². The number of hydrogen-bond donors (Lipinski definition) is 1. The zero-order valence-electron chi connectivity index (χ0n) is 17.8. The number of ether oxygens (including phenoxy) is 1. The Balaban J connectivity index is 1.70. The Labute approximate surface area is 182 Å². The largest absolute Gasteiger partial charge is 0.384 e. The average Bonchev–Trinajstić information content (AvgIpc) is 2.77. The fourth-order valence-electron chi connectivity index (χ4n) is 3.39. The molecule has 0 bridgehead atoms. The lowest BCUT2D eigenvalue weighted by Crippen LogP contribution is -2.40. The van der Waals surface area contributed by atoms with E-state index in [2.05, 4.69) is 29.6 Å². The number of nitrogens with zero attached hydrogens (tertiary/aromatic N) is 3. The number of nitro groups is 1. The van der Waals surface area contributed by atoms with Gasteiger partial charge >= 0.3 is 0 Å². The van der Waals surface area contributed by atoms with Gasteiger partial charge in [0.15, 0.2) is 0 Å². The maximum atomic E-state index is 13.1. The maximum absolute atomic E-state index is 13.1. The summed E-state index contributed by atoms with van der Waals surface area (Å²) in [6.45, 7) is 1.62. The van der Waals surface area contributed by atoms with Crippen LogP contribution in [0.5, 0.6) is 0 Å². The second-order valence-corrected chi connectivity index (χ2v) is 9.45. The fourth-order valence-corrected chi connectivity index (χ4v) is 4.98. The third kappa shape index (κ3) is 5.72. The molecule has 0 aliphatic carbocycles. The predicted octanol–water partition coefficient (Wildman–Crippen LogP) is 2.73. The lowest BCUT2D eigenvalue weighted by Gasteiger charge is -2.27. The number of anilines is 2. The lowest BCUT2D eigenvalue weighted by atomic mass is 10.1. The monoisotopic (exact) mass is 448 g/mol. The standard InChI is InChI=1S/C21H28N4O5S/c1-23(2)18-7-5-17(6-8-18)4-3-11-22-20-10-9-19(25(26)27)16-21(20)31(28,29)24-12-14-30-15-13-24/h5-10,16,22H,3-4,11-15H2,1-2H3. The SMILES string of the molecule is CN(C)c1ccc(CCCNc2ccc([N+](=O)[O-])cc2S(=O)(=O)N2CCOCC2)cc1.